The molecule has 0 saturated carbocycles. The highest BCUT2D eigenvalue weighted by atomic mass is 79.9. The minimum absolute atomic E-state index is 0.108. The number of amides is 1. The van der Waals surface area contributed by atoms with Crippen LogP contribution in [-0.4, -0.2) is 31.6 Å². The molecule has 1 amide bonds. The Morgan fingerprint density at radius 1 is 1.58 bits per heavy atom. The molecule has 0 aromatic carbocycles. The number of aryl methyl sites for hydroxylation is 1. The molecule has 2 heterocycles. The van der Waals surface area contributed by atoms with E-state index in [0.29, 0.717) is 12.2 Å². The Kier molecular flexibility index (Phi) is 4.17. The number of nitrogens with zero attached hydrogens (tertiary/aromatic N) is 2. The Morgan fingerprint density at radius 2 is 2.26 bits per heavy atom. The highest BCUT2D eigenvalue weighted by Gasteiger charge is 2.33. The fraction of sp³-hybridized carbons (Fsp3) is 0.455. The SMILES string of the molecule is Cc1ncc(N2CC(CS(=O)(=O)Cl)CC2=O)cc1Br. The van der Waals surface area contributed by atoms with Crippen molar-refractivity contribution in [3.05, 3.63) is 22.4 Å². The zero-order valence-corrected chi connectivity index (χ0v) is 13.3. The van der Waals surface area contributed by atoms with Crippen molar-refractivity contribution in [2.24, 2.45) is 5.92 Å². The summed E-state index contributed by atoms with van der Waals surface area (Å²) < 4.78 is 22.9. The lowest BCUT2D eigenvalue weighted by Crippen LogP contribution is -2.25. The number of halogens is 2. The van der Waals surface area contributed by atoms with Crippen LogP contribution in [0.2, 0.25) is 0 Å². The van der Waals surface area contributed by atoms with E-state index >= 15 is 0 Å². The van der Waals surface area contributed by atoms with Gasteiger partial charge in [-0.25, -0.2) is 8.42 Å². The molecule has 0 N–H and O–H groups in total. The minimum atomic E-state index is -3.58. The third-order valence-electron chi connectivity index (χ3n) is 2.96. The molecule has 0 spiro atoms. The summed E-state index contributed by atoms with van der Waals surface area (Å²) in [7, 11) is 1.64. The molecule has 19 heavy (non-hydrogen) atoms. The summed E-state index contributed by atoms with van der Waals surface area (Å²) in [6.45, 7) is 2.20. The van der Waals surface area contributed by atoms with Crippen LogP contribution in [0, 0.1) is 12.8 Å². The molecular formula is C11H12BrClN2O3S. The van der Waals surface area contributed by atoms with Crippen LogP contribution in [0.15, 0.2) is 16.7 Å². The standard InChI is InChI=1S/C11H12BrClN2O3S/c1-7-10(12)3-9(4-14-7)15-5-8(2-11(15)16)6-19(13,17)18/h3-4,8H,2,5-6H2,1H3. The van der Waals surface area contributed by atoms with Gasteiger partial charge in [-0.05, 0) is 28.9 Å². The molecule has 0 bridgehead atoms. The smallest absolute Gasteiger partial charge is 0.232 e. The van der Waals surface area contributed by atoms with Gasteiger partial charge in [0.15, 0.2) is 0 Å². The van der Waals surface area contributed by atoms with E-state index in [9.17, 15) is 13.2 Å². The summed E-state index contributed by atoms with van der Waals surface area (Å²) >= 11 is 3.36. The molecule has 1 unspecified atom stereocenters. The predicted molar refractivity (Wildman–Crippen MR) is 76.8 cm³/mol. The lowest BCUT2D eigenvalue weighted by molar-refractivity contribution is -0.117. The lowest BCUT2D eigenvalue weighted by Gasteiger charge is -2.16. The Hall–Kier alpha value is -0.660. The number of anilines is 1. The van der Waals surface area contributed by atoms with Crippen LogP contribution in [0.3, 0.4) is 0 Å². The van der Waals surface area contributed by atoms with Crippen LogP contribution in [0.5, 0.6) is 0 Å². The van der Waals surface area contributed by atoms with Crippen molar-refractivity contribution in [1.29, 1.82) is 0 Å². The van der Waals surface area contributed by atoms with Gasteiger partial charge in [0.05, 0.1) is 23.3 Å². The molecule has 2 rings (SSSR count). The van der Waals surface area contributed by atoms with Crippen LogP contribution in [0.1, 0.15) is 12.1 Å². The summed E-state index contributed by atoms with van der Waals surface area (Å²) in [5, 5.41) is 0. The van der Waals surface area contributed by atoms with E-state index in [1.165, 1.54) is 0 Å². The second-order valence-electron chi connectivity index (χ2n) is 4.54. The van der Waals surface area contributed by atoms with Gasteiger partial charge in [-0.3, -0.25) is 9.78 Å². The Bertz CT molecular complexity index is 620. The number of rotatable bonds is 3. The van der Waals surface area contributed by atoms with E-state index in [2.05, 4.69) is 20.9 Å². The third-order valence-corrected chi connectivity index (χ3v) is 5.01. The van der Waals surface area contributed by atoms with Crippen LogP contribution < -0.4 is 4.90 Å². The fourth-order valence-corrected chi connectivity index (χ4v) is 3.73. The normalized spacial score (nSPS) is 20.1. The van der Waals surface area contributed by atoms with Gasteiger partial charge in [0.2, 0.25) is 15.0 Å². The molecule has 1 atom stereocenters. The monoisotopic (exact) mass is 366 g/mol. The zero-order chi connectivity index (χ0) is 14.2. The maximum atomic E-state index is 11.9. The Balaban J connectivity index is 2.18. The molecule has 1 aliphatic rings. The van der Waals surface area contributed by atoms with E-state index in [4.69, 9.17) is 10.7 Å². The second kappa shape index (κ2) is 5.38. The van der Waals surface area contributed by atoms with E-state index in [1.54, 1.807) is 17.2 Å². The fourth-order valence-electron chi connectivity index (χ4n) is 2.07. The Morgan fingerprint density at radius 3 is 2.84 bits per heavy atom. The number of hydrogen-bond donors (Lipinski definition) is 0. The van der Waals surface area contributed by atoms with Crippen molar-refractivity contribution in [3.63, 3.8) is 0 Å². The number of aromatic nitrogens is 1. The molecule has 104 valence electrons. The summed E-state index contributed by atoms with van der Waals surface area (Å²) in [6.07, 6.45) is 1.80. The van der Waals surface area contributed by atoms with Gasteiger partial charge in [0, 0.05) is 34.0 Å². The summed E-state index contributed by atoms with van der Waals surface area (Å²) in [5.74, 6) is -0.560. The summed E-state index contributed by atoms with van der Waals surface area (Å²) in [5.41, 5.74) is 1.49. The van der Waals surface area contributed by atoms with Crippen molar-refractivity contribution >= 4 is 47.3 Å². The highest BCUT2D eigenvalue weighted by molar-refractivity contribution is 9.10. The lowest BCUT2D eigenvalue weighted by atomic mass is 10.1. The van der Waals surface area contributed by atoms with E-state index in [0.717, 1.165) is 10.2 Å². The molecule has 1 aromatic rings. The van der Waals surface area contributed by atoms with Crippen molar-refractivity contribution in [2.45, 2.75) is 13.3 Å². The first-order valence-electron chi connectivity index (χ1n) is 5.61. The number of pyridine rings is 1. The van der Waals surface area contributed by atoms with Gasteiger partial charge < -0.3 is 4.90 Å². The number of hydrogen-bond acceptors (Lipinski definition) is 4. The first kappa shape index (κ1) is 14.7. The molecular weight excluding hydrogens is 356 g/mol. The van der Waals surface area contributed by atoms with Gasteiger partial charge in [0.1, 0.15) is 0 Å². The van der Waals surface area contributed by atoms with Crippen molar-refractivity contribution in [1.82, 2.24) is 4.98 Å². The minimum Gasteiger partial charge on any atom is -0.311 e. The first-order valence-corrected chi connectivity index (χ1v) is 8.88. The van der Waals surface area contributed by atoms with Gasteiger partial charge in [-0.1, -0.05) is 0 Å². The van der Waals surface area contributed by atoms with Gasteiger partial charge >= 0.3 is 0 Å². The van der Waals surface area contributed by atoms with E-state index < -0.39 is 9.05 Å². The number of carbonyl (C=O) groups is 1. The van der Waals surface area contributed by atoms with Crippen LogP contribution in [0.25, 0.3) is 0 Å². The zero-order valence-electron chi connectivity index (χ0n) is 10.1. The average Bonchev–Trinajstić information content (AvgIpc) is 2.61. The maximum Gasteiger partial charge on any atom is 0.232 e. The molecule has 1 saturated heterocycles. The molecule has 8 heteroatoms. The number of carbonyl (C=O) groups excluding carboxylic acids is 1. The molecule has 0 radical (unpaired) electrons. The predicted octanol–water partition coefficient (Wildman–Crippen LogP) is 2.07. The topological polar surface area (TPSA) is 67.3 Å². The molecule has 0 aliphatic carbocycles. The summed E-state index contributed by atoms with van der Waals surface area (Å²) in [6, 6.07) is 1.80. The van der Waals surface area contributed by atoms with Crippen LogP contribution >= 0.6 is 26.6 Å². The van der Waals surface area contributed by atoms with Crippen LogP contribution in [0.4, 0.5) is 5.69 Å². The van der Waals surface area contributed by atoms with Crippen molar-refractivity contribution < 1.29 is 13.2 Å². The third kappa shape index (κ3) is 3.67. The van der Waals surface area contributed by atoms with Gasteiger partial charge in [-0.2, -0.15) is 0 Å². The second-order valence-corrected chi connectivity index (χ2v) is 8.22. The Labute approximate surface area is 124 Å². The van der Waals surface area contributed by atoms with Crippen molar-refractivity contribution in [3.8, 4) is 0 Å². The average molecular weight is 368 g/mol. The quantitative estimate of drug-likeness (QED) is 0.767. The van der Waals surface area contributed by atoms with Crippen LogP contribution in [-0.2, 0) is 13.8 Å². The first-order chi connectivity index (χ1) is 8.76. The highest BCUT2D eigenvalue weighted by Crippen LogP contribution is 2.28. The van der Waals surface area contributed by atoms with Gasteiger partial charge in [0.25, 0.3) is 0 Å². The molecule has 1 aromatic heterocycles. The van der Waals surface area contributed by atoms with Gasteiger partial charge in [-0.15, -0.1) is 0 Å². The summed E-state index contributed by atoms with van der Waals surface area (Å²) in [4.78, 5) is 17.6. The van der Waals surface area contributed by atoms with Crippen molar-refractivity contribution in [2.75, 3.05) is 17.2 Å². The maximum absolute atomic E-state index is 11.9. The molecule has 1 aliphatic heterocycles. The largest absolute Gasteiger partial charge is 0.311 e. The van der Waals surface area contributed by atoms with E-state index in [1.807, 2.05) is 6.92 Å². The molecule has 5 nitrogen and oxygen atoms in total. The van der Waals surface area contributed by atoms with E-state index in [-0.39, 0.29) is 24.0 Å². The molecule has 1 fully saturated rings.